The Morgan fingerprint density at radius 1 is 1.03 bits per heavy atom. The van der Waals surface area contributed by atoms with Crippen molar-refractivity contribution in [2.45, 2.75) is 51.1 Å². The number of amides is 2. The van der Waals surface area contributed by atoms with Crippen LogP contribution in [0.4, 0.5) is 4.39 Å². The van der Waals surface area contributed by atoms with Crippen LogP contribution in [0.1, 0.15) is 77.4 Å². The molecule has 2 N–H and O–H groups in total. The molecule has 29 heavy (non-hydrogen) atoms. The third-order valence-electron chi connectivity index (χ3n) is 5.48. The molecule has 7 heteroatoms. The number of nitrogens with one attached hydrogen (secondary N) is 2. The third-order valence-corrected chi connectivity index (χ3v) is 5.48. The Morgan fingerprint density at radius 2 is 1.62 bits per heavy atom. The van der Waals surface area contributed by atoms with Gasteiger partial charge in [-0.25, -0.2) is 4.39 Å². The van der Waals surface area contributed by atoms with Gasteiger partial charge in [0.1, 0.15) is 16.9 Å². The summed E-state index contributed by atoms with van der Waals surface area (Å²) in [4.78, 5) is 37.9. The monoisotopic (exact) mass is 399 g/mol. The van der Waals surface area contributed by atoms with Gasteiger partial charge in [-0.15, -0.1) is 0 Å². The van der Waals surface area contributed by atoms with Crippen LogP contribution >= 0.6 is 0 Å². The summed E-state index contributed by atoms with van der Waals surface area (Å²) in [5.74, 6) is -1.43. The van der Waals surface area contributed by atoms with Crippen LogP contribution in [0.25, 0.3) is 0 Å². The van der Waals surface area contributed by atoms with Gasteiger partial charge < -0.3 is 15.2 Å². The topological polar surface area (TPSA) is 80.2 Å². The predicted molar refractivity (Wildman–Crippen MR) is 108 cm³/mol. The molecule has 1 saturated carbocycles. The minimum absolute atomic E-state index is 0.0415. The largest absolute Gasteiger partial charge is 0.355 e. The SMILES string of the molecule is CNC(=O)c1cn(C2CCCCC2)cc(C(=O)N[C@@H](C)c2ccc(F)cc2)c1=O. The second-order valence-corrected chi connectivity index (χ2v) is 7.48. The number of nitrogens with zero attached hydrogens (tertiary/aromatic N) is 1. The zero-order valence-electron chi connectivity index (χ0n) is 16.7. The Morgan fingerprint density at radius 3 is 2.21 bits per heavy atom. The first kappa shape index (κ1) is 20.8. The fraction of sp³-hybridized carbons (Fsp3) is 0.409. The van der Waals surface area contributed by atoms with Gasteiger partial charge in [0.15, 0.2) is 0 Å². The van der Waals surface area contributed by atoms with Crippen molar-refractivity contribution in [2.24, 2.45) is 0 Å². The van der Waals surface area contributed by atoms with Crippen molar-refractivity contribution in [2.75, 3.05) is 7.05 Å². The van der Waals surface area contributed by atoms with E-state index in [2.05, 4.69) is 10.6 Å². The highest BCUT2D eigenvalue weighted by molar-refractivity contribution is 5.99. The van der Waals surface area contributed by atoms with Crippen LogP contribution in [0.15, 0.2) is 41.5 Å². The van der Waals surface area contributed by atoms with E-state index in [0.717, 1.165) is 31.2 Å². The molecular formula is C22H26FN3O3. The van der Waals surface area contributed by atoms with Crippen molar-refractivity contribution >= 4 is 11.8 Å². The maximum absolute atomic E-state index is 13.1. The Kier molecular flexibility index (Phi) is 6.46. The molecule has 0 saturated heterocycles. The summed E-state index contributed by atoms with van der Waals surface area (Å²) >= 11 is 0. The van der Waals surface area contributed by atoms with Gasteiger partial charge in [0.25, 0.3) is 11.8 Å². The van der Waals surface area contributed by atoms with Gasteiger partial charge in [-0.05, 0) is 37.5 Å². The first-order chi connectivity index (χ1) is 13.9. The van der Waals surface area contributed by atoms with Crippen LogP contribution in [-0.4, -0.2) is 23.4 Å². The van der Waals surface area contributed by atoms with Gasteiger partial charge in [0, 0.05) is 25.5 Å². The third kappa shape index (κ3) is 4.72. The molecule has 0 aliphatic heterocycles. The van der Waals surface area contributed by atoms with Crippen LogP contribution in [0.5, 0.6) is 0 Å². The average Bonchev–Trinajstić information content (AvgIpc) is 2.74. The van der Waals surface area contributed by atoms with E-state index >= 15 is 0 Å². The van der Waals surface area contributed by atoms with Crippen molar-refractivity contribution in [3.05, 3.63) is 69.4 Å². The fourth-order valence-corrected chi connectivity index (χ4v) is 3.76. The summed E-state index contributed by atoms with van der Waals surface area (Å²) in [5.41, 5.74) is 0.0146. The molecular weight excluding hydrogens is 373 g/mol. The molecule has 1 atom stereocenters. The van der Waals surface area contributed by atoms with Crippen molar-refractivity contribution in [3.8, 4) is 0 Å². The van der Waals surface area contributed by atoms with E-state index in [1.54, 1.807) is 31.5 Å². The fourth-order valence-electron chi connectivity index (χ4n) is 3.76. The molecule has 0 bridgehead atoms. The quantitative estimate of drug-likeness (QED) is 0.809. The highest BCUT2D eigenvalue weighted by atomic mass is 19.1. The normalized spacial score (nSPS) is 15.6. The lowest BCUT2D eigenvalue weighted by Gasteiger charge is -2.25. The van der Waals surface area contributed by atoms with E-state index in [1.807, 2.05) is 4.57 Å². The Hall–Kier alpha value is -2.96. The van der Waals surface area contributed by atoms with Gasteiger partial charge in [0.2, 0.25) is 5.43 Å². The first-order valence-electron chi connectivity index (χ1n) is 9.95. The highest BCUT2D eigenvalue weighted by Gasteiger charge is 2.23. The molecule has 0 radical (unpaired) electrons. The van der Waals surface area contributed by atoms with E-state index in [0.29, 0.717) is 0 Å². The molecule has 1 heterocycles. The predicted octanol–water partition coefficient (Wildman–Crippen LogP) is 3.34. The Bertz CT molecular complexity index is 947. The number of rotatable bonds is 5. The molecule has 154 valence electrons. The van der Waals surface area contributed by atoms with E-state index in [1.165, 1.54) is 25.6 Å². The summed E-state index contributed by atoms with van der Waals surface area (Å²) in [6, 6.07) is 5.55. The van der Waals surface area contributed by atoms with E-state index < -0.39 is 23.3 Å². The van der Waals surface area contributed by atoms with Crippen molar-refractivity contribution in [3.63, 3.8) is 0 Å². The number of hydrogen-bond donors (Lipinski definition) is 2. The van der Waals surface area contributed by atoms with Gasteiger partial charge in [-0.2, -0.15) is 0 Å². The van der Waals surface area contributed by atoms with Gasteiger partial charge >= 0.3 is 0 Å². The molecule has 0 spiro atoms. The molecule has 0 unspecified atom stereocenters. The molecule has 1 fully saturated rings. The summed E-state index contributed by atoms with van der Waals surface area (Å²) in [5, 5.41) is 5.25. The number of aromatic nitrogens is 1. The number of halogens is 1. The zero-order valence-corrected chi connectivity index (χ0v) is 16.7. The molecule has 1 aromatic carbocycles. The Balaban J connectivity index is 1.93. The minimum Gasteiger partial charge on any atom is -0.355 e. The van der Waals surface area contributed by atoms with Gasteiger partial charge in [-0.1, -0.05) is 31.4 Å². The van der Waals surface area contributed by atoms with Crippen LogP contribution in [0, 0.1) is 5.82 Å². The van der Waals surface area contributed by atoms with E-state index in [-0.39, 0.29) is 23.0 Å². The molecule has 3 rings (SSSR count). The van der Waals surface area contributed by atoms with Crippen LogP contribution < -0.4 is 16.1 Å². The molecule has 1 aliphatic rings. The minimum atomic E-state index is -0.597. The highest BCUT2D eigenvalue weighted by Crippen LogP contribution is 2.28. The van der Waals surface area contributed by atoms with E-state index in [9.17, 15) is 18.8 Å². The van der Waals surface area contributed by atoms with Crippen LogP contribution in [0.2, 0.25) is 0 Å². The van der Waals surface area contributed by atoms with Crippen molar-refractivity contribution < 1.29 is 14.0 Å². The first-order valence-corrected chi connectivity index (χ1v) is 9.95. The van der Waals surface area contributed by atoms with Gasteiger partial charge in [-0.3, -0.25) is 14.4 Å². The molecule has 1 aliphatic carbocycles. The molecule has 2 amide bonds. The van der Waals surface area contributed by atoms with Crippen molar-refractivity contribution in [1.82, 2.24) is 15.2 Å². The van der Waals surface area contributed by atoms with E-state index in [4.69, 9.17) is 0 Å². The Labute approximate surface area is 169 Å². The van der Waals surface area contributed by atoms with Gasteiger partial charge in [0.05, 0.1) is 6.04 Å². The number of carbonyl (C=O) groups is 2. The molecule has 6 nitrogen and oxygen atoms in total. The summed E-state index contributed by atoms with van der Waals surface area (Å²) in [7, 11) is 1.45. The number of carbonyl (C=O) groups excluding carboxylic acids is 2. The van der Waals surface area contributed by atoms with Crippen LogP contribution in [-0.2, 0) is 0 Å². The maximum Gasteiger partial charge on any atom is 0.257 e. The smallest absolute Gasteiger partial charge is 0.257 e. The number of benzene rings is 1. The second kappa shape index (κ2) is 9.03. The summed E-state index contributed by atoms with van der Waals surface area (Å²) in [6.07, 6.45) is 8.33. The lowest BCUT2D eigenvalue weighted by Crippen LogP contribution is -2.36. The average molecular weight is 399 g/mol. The number of hydrogen-bond acceptors (Lipinski definition) is 3. The molecule has 2 aromatic rings. The standard InChI is InChI=1S/C22H26FN3O3/c1-14(15-8-10-16(23)11-9-15)25-22(29)19-13-26(17-6-4-3-5-7-17)12-18(20(19)27)21(28)24-2/h8-14,17H,3-7H2,1-2H3,(H,24,28)(H,25,29)/t14-/m0/s1. The molecule has 1 aromatic heterocycles. The summed E-state index contributed by atoms with van der Waals surface area (Å²) in [6.45, 7) is 1.76. The van der Waals surface area contributed by atoms with Crippen molar-refractivity contribution in [1.29, 1.82) is 0 Å². The maximum atomic E-state index is 13.1. The second-order valence-electron chi connectivity index (χ2n) is 7.48. The summed E-state index contributed by atoms with van der Waals surface area (Å²) < 4.78 is 15.0. The number of pyridine rings is 1. The lowest BCUT2D eigenvalue weighted by molar-refractivity contribution is 0.0937. The van der Waals surface area contributed by atoms with Crippen LogP contribution in [0.3, 0.4) is 0 Å². The zero-order chi connectivity index (χ0) is 21.0. The lowest BCUT2D eigenvalue weighted by atomic mass is 9.95.